The number of nitrogens with two attached hydrogens (primary N) is 1. The number of rotatable bonds is 8. The normalized spacial score (nSPS) is 14.1. The smallest absolute Gasteiger partial charge is 0.323 e. The first-order valence-electron chi connectivity index (χ1n) is 12.9. The van der Waals surface area contributed by atoms with Crippen molar-refractivity contribution in [1.82, 2.24) is 0 Å². The molecular weight excluding hydrogens is 504 g/mol. The summed E-state index contributed by atoms with van der Waals surface area (Å²) in [5, 5.41) is 9.94. The molecule has 7 nitrogen and oxygen atoms in total. The van der Waals surface area contributed by atoms with Crippen LogP contribution < -0.4 is 24.7 Å². The maximum Gasteiger partial charge on any atom is 0.323 e. The van der Waals surface area contributed by atoms with Gasteiger partial charge in [0.1, 0.15) is 29.1 Å². The summed E-state index contributed by atoms with van der Waals surface area (Å²) < 4.78 is 22.9. The quantitative estimate of drug-likeness (QED) is 0.218. The Morgan fingerprint density at radius 1 is 0.950 bits per heavy atom. The number of esters is 1. The van der Waals surface area contributed by atoms with E-state index in [1.807, 2.05) is 79.7 Å². The second-order valence-corrected chi connectivity index (χ2v) is 9.14. The molecule has 5 rings (SSSR count). The minimum Gasteiger partial charge on any atom is -0.493 e. The van der Waals surface area contributed by atoms with Crippen LogP contribution in [-0.2, 0) is 4.79 Å². The molecule has 0 spiro atoms. The number of hydrogen-bond donors (Lipinski definition) is 1. The topological polar surface area (TPSA) is 104 Å². The minimum absolute atomic E-state index is 0.0113. The number of nitriles is 1. The first-order chi connectivity index (χ1) is 19.5. The number of hydrogen-bond acceptors (Lipinski definition) is 7. The van der Waals surface area contributed by atoms with E-state index in [4.69, 9.17) is 24.7 Å². The van der Waals surface area contributed by atoms with Gasteiger partial charge in [0.25, 0.3) is 0 Å². The van der Waals surface area contributed by atoms with Gasteiger partial charge in [-0.15, -0.1) is 0 Å². The van der Waals surface area contributed by atoms with Gasteiger partial charge in [-0.1, -0.05) is 72.8 Å². The Hall–Kier alpha value is -5.22. The van der Waals surface area contributed by atoms with E-state index in [1.54, 1.807) is 31.4 Å². The Labute approximate surface area is 233 Å². The van der Waals surface area contributed by atoms with Crippen LogP contribution in [0.4, 0.5) is 0 Å². The second-order valence-electron chi connectivity index (χ2n) is 9.14. The van der Waals surface area contributed by atoms with Crippen LogP contribution in [0.25, 0.3) is 0 Å². The molecule has 0 aromatic heterocycles. The Bertz CT molecular complexity index is 1550. The number of nitrogens with zero attached hydrogens (tertiary/aromatic N) is 1. The van der Waals surface area contributed by atoms with Crippen LogP contribution in [0.3, 0.4) is 0 Å². The van der Waals surface area contributed by atoms with Gasteiger partial charge < -0.3 is 24.7 Å². The van der Waals surface area contributed by atoms with Crippen molar-refractivity contribution in [2.24, 2.45) is 5.73 Å². The summed E-state index contributed by atoms with van der Waals surface area (Å²) in [6, 6.07) is 31.8. The van der Waals surface area contributed by atoms with Crippen LogP contribution in [0.2, 0.25) is 0 Å². The van der Waals surface area contributed by atoms with Crippen molar-refractivity contribution in [2.45, 2.75) is 18.8 Å². The number of fused-ring (bicyclic) bond motifs is 1. The fourth-order valence-electron chi connectivity index (χ4n) is 4.91. The van der Waals surface area contributed by atoms with E-state index in [-0.39, 0.29) is 11.5 Å². The van der Waals surface area contributed by atoms with Crippen molar-refractivity contribution in [1.29, 1.82) is 5.26 Å². The zero-order valence-electron chi connectivity index (χ0n) is 22.2. The highest BCUT2D eigenvalue weighted by atomic mass is 16.5. The number of methoxy groups -OCH3 is 1. The van der Waals surface area contributed by atoms with Crippen LogP contribution in [-0.4, -0.2) is 19.7 Å². The van der Waals surface area contributed by atoms with Crippen molar-refractivity contribution in [3.8, 4) is 29.1 Å². The number of ether oxygens (including phenoxy) is 4. The molecule has 0 bridgehead atoms. The highest BCUT2D eigenvalue weighted by molar-refractivity contribution is 5.84. The Balaban J connectivity index is 1.49. The Morgan fingerprint density at radius 3 is 2.23 bits per heavy atom. The summed E-state index contributed by atoms with van der Waals surface area (Å²) in [7, 11) is 1.56. The second kappa shape index (κ2) is 11.7. The van der Waals surface area contributed by atoms with Crippen LogP contribution in [0.15, 0.2) is 109 Å². The fourth-order valence-corrected chi connectivity index (χ4v) is 4.91. The maximum atomic E-state index is 13.5. The molecule has 0 aliphatic carbocycles. The molecule has 0 saturated heterocycles. The molecule has 0 fully saturated rings. The average molecular weight is 533 g/mol. The zero-order valence-corrected chi connectivity index (χ0v) is 22.2. The summed E-state index contributed by atoms with van der Waals surface area (Å²) in [6.45, 7) is 2.38. The van der Waals surface area contributed by atoms with E-state index in [9.17, 15) is 10.1 Å². The van der Waals surface area contributed by atoms with Crippen LogP contribution >= 0.6 is 0 Å². The van der Waals surface area contributed by atoms with E-state index < -0.39 is 17.8 Å². The number of carbonyl (C=O) groups is 1. The molecule has 40 heavy (non-hydrogen) atoms. The standard InChI is InChI=1S/C33H28N2O5/c1-3-38-27-17-14-23(18-29(27)37-2)31-25-16-15-24(19-28(25)40-32(35)26(31)20-34)39-33(36)30(21-10-6-4-7-11-21)22-12-8-5-9-13-22/h4-19,30-31H,3,35H2,1-2H3. The van der Waals surface area contributed by atoms with E-state index in [2.05, 4.69) is 6.07 Å². The summed E-state index contributed by atoms with van der Waals surface area (Å²) in [4.78, 5) is 13.5. The molecule has 1 aliphatic rings. The van der Waals surface area contributed by atoms with Crippen molar-refractivity contribution >= 4 is 5.97 Å². The Kier molecular flexibility index (Phi) is 7.70. The minimum atomic E-state index is -0.612. The largest absolute Gasteiger partial charge is 0.493 e. The average Bonchev–Trinajstić information content (AvgIpc) is 2.98. The molecule has 4 aromatic rings. The van der Waals surface area contributed by atoms with Gasteiger partial charge in [0.15, 0.2) is 11.5 Å². The molecular formula is C33H28N2O5. The zero-order chi connectivity index (χ0) is 28.1. The third-order valence-corrected chi connectivity index (χ3v) is 6.73. The van der Waals surface area contributed by atoms with Crippen molar-refractivity contribution in [2.75, 3.05) is 13.7 Å². The van der Waals surface area contributed by atoms with Crippen molar-refractivity contribution in [3.05, 3.63) is 131 Å². The molecule has 4 aromatic carbocycles. The van der Waals surface area contributed by atoms with Gasteiger partial charge in [0, 0.05) is 11.6 Å². The molecule has 200 valence electrons. The molecule has 7 heteroatoms. The maximum absolute atomic E-state index is 13.5. The molecule has 1 aliphatic heterocycles. The molecule has 1 atom stereocenters. The molecule has 0 radical (unpaired) electrons. The highest BCUT2D eigenvalue weighted by Gasteiger charge is 2.32. The van der Waals surface area contributed by atoms with E-state index in [1.165, 1.54) is 0 Å². The van der Waals surface area contributed by atoms with Gasteiger partial charge in [0.2, 0.25) is 5.88 Å². The lowest BCUT2D eigenvalue weighted by Crippen LogP contribution is -2.22. The van der Waals surface area contributed by atoms with Crippen molar-refractivity contribution < 1.29 is 23.7 Å². The summed E-state index contributed by atoms with van der Waals surface area (Å²) in [6.07, 6.45) is 0. The first-order valence-corrected chi connectivity index (χ1v) is 12.9. The molecule has 0 amide bonds. The summed E-state index contributed by atoms with van der Waals surface area (Å²) in [5.74, 6) is 0.285. The Morgan fingerprint density at radius 2 is 1.62 bits per heavy atom. The van der Waals surface area contributed by atoms with Gasteiger partial charge in [-0.05, 0) is 41.8 Å². The third-order valence-electron chi connectivity index (χ3n) is 6.73. The van der Waals surface area contributed by atoms with Gasteiger partial charge in [-0.3, -0.25) is 4.79 Å². The van der Waals surface area contributed by atoms with Crippen molar-refractivity contribution in [3.63, 3.8) is 0 Å². The van der Waals surface area contributed by atoms with Crippen LogP contribution in [0.5, 0.6) is 23.0 Å². The summed E-state index contributed by atoms with van der Waals surface area (Å²) in [5.41, 5.74) is 9.61. The van der Waals surface area contributed by atoms with Crippen LogP contribution in [0, 0.1) is 11.3 Å². The lowest BCUT2D eigenvalue weighted by molar-refractivity contribution is -0.135. The highest BCUT2D eigenvalue weighted by Crippen LogP contribution is 2.45. The lowest BCUT2D eigenvalue weighted by atomic mass is 9.83. The van der Waals surface area contributed by atoms with Gasteiger partial charge in [-0.2, -0.15) is 5.26 Å². The SMILES string of the molecule is CCOc1ccc(C2C(C#N)=C(N)Oc3cc(OC(=O)C(c4ccccc4)c4ccccc4)ccc32)cc1OC. The first kappa shape index (κ1) is 26.4. The lowest BCUT2D eigenvalue weighted by Gasteiger charge is -2.27. The van der Waals surface area contributed by atoms with E-state index in [0.29, 0.717) is 35.2 Å². The van der Waals surface area contributed by atoms with Crippen LogP contribution in [0.1, 0.15) is 41.0 Å². The molecule has 0 saturated carbocycles. The molecule has 1 heterocycles. The fraction of sp³-hybridized carbons (Fsp3) is 0.152. The monoisotopic (exact) mass is 532 g/mol. The predicted molar refractivity (Wildman–Crippen MR) is 150 cm³/mol. The van der Waals surface area contributed by atoms with Gasteiger partial charge in [-0.25, -0.2) is 0 Å². The van der Waals surface area contributed by atoms with E-state index >= 15 is 0 Å². The predicted octanol–water partition coefficient (Wildman–Crippen LogP) is 6.05. The number of carbonyl (C=O) groups excluding carboxylic acids is 1. The molecule has 1 unspecified atom stereocenters. The number of allylic oxidation sites excluding steroid dienone is 1. The number of benzene rings is 4. The van der Waals surface area contributed by atoms with Gasteiger partial charge in [0.05, 0.1) is 19.6 Å². The van der Waals surface area contributed by atoms with E-state index in [0.717, 1.165) is 16.7 Å². The summed E-state index contributed by atoms with van der Waals surface area (Å²) >= 11 is 0. The van der Waals surface area contributed by atoms with Gasteiger partial charge >= 0.3 is 5.97 Å². The third kappa shape index (κ3) is 5.20. The molecule has 2 N–H and O–H groups in total.